The van der Waals surface area contributed by atoms with E-state index in [0.29, 0.717) is 18.4 Å². The van der Waals surface area contributed by atoms with Gasteiger partial charge in [0.05, 0.1) is 37.9 Å². The molecule has 0 aliphatic carbocycles. The molecule has 0 radical (unpaired) electrons. The summed E-state index contributed by atoms with van der Waals surface area (Å²) >= 11 is 3.37. The smallest absolute Gasteiger partial charge is 0.307 e. The summed E-state index contributed by atoms with van der Waals surface area (Å²) in [5, 5.41) is 3.27. The SMILES string of the molecule is CCNC(=NCCC(=O)OC)N1CCN(c2ncc(Br)c(OC)n2)CC1. The Morgan fingerprint density at radius 3 is 2.69 bits per heavy atom. The number of nitrogens with one attached hydrogen (secondary N) is 1. The van der Waals surface area contributed by atoms with Crippen molar-refractivity contribution in [2.45, 2.75) is 13.3 Å². The zero-order valence-electron chi connectivity index (χ0n) is 15.4. The molecule has 1 aromatic rings. The molecule has 9 nitrogen and oxygen atoms in total. The minimum Gasteiger partial charge on any atom is -0.480 e. The normalized spacial score (nSPS) is 15.0. The Hall–Kier alpha value is -2.10. The minimum absolute atomic E-state index is 0.254. The molecule has 1 saturated heterocycles. The van der Waals surface area contributed by atoms with Gasteiger partial charge in [-0.1, -0.05) is 0 Å². The lowest BCUT2D eigenvalue weighted by Crippen LogP contribution is -2.53. The number of anilines is 1. The van der Waals surface area contributed by atoms with Crippen molar-refractivity contribution in [2.24, 2.45) is 4.99 Å². The molecule has 2 heterocycles. The topological polar surface area (TPSA) is 92.2 Å². The van der Waals surface area contributed by atoms with Crippen LogP contribution in [0.15, 0.2) is 15.7 Å². The Morgan fingerprint density at radius 1 is 1.35 bits per heavy atom. The molecule has 1 N–H and O–H groups in total. The van der Waals surface area contributed by atoms with Crippen LogP contribution < -0.4 is 15.0 Å². The lowest BCUT2D eigenvalue weighted by Gasteiger charge is -2.36. The van der Waals surface area contributed by atoms with Crippen molar-refractivity contribution in [2.75, 3.05) is 58.4 Å². The van der Waals surface area contributed by atoms with Crippen LogP contribution in [0.1, 0.15) is 13.3 Å². The minimum atomic E-state index is -0.254. The van der Waals surface area contributed by atoms with Crippen LogP contribution in [0.5, 0.6) is 5.88 Å². The number of nitrogens with zero attached hydrogens (tertiary/aromatic N) is 5. The number of aromatic nitrogens is 2. The van der Waals surface area contributed by atoms with Gasteiger partial charge in [-0.25, -0.2) is 4.98 Å². The van der Waals surface area contributed by atoms with Crippen LogP contribution in [-0.2, 0) is 9.53 Å². The largest absolute Gasteiger partial charge is 0.480 e. The van der Waals surface area contributed by atoms with Crippen LogP contribution in [0.25, 0.3) is 0 Å². The van der Waals surface area contributed by atoms with Crippen molar-refractivity contribution < 1.29 is 14.3 Å². The van der Waals surface area contributed by atoms with Crippen molar-refractivity contribution in [3.8, 4) is 5.88 Å². The Kier molecular flexibility index (Phi) is 7.89. The molecule has 26 heavy (non-hydrogen) atoms. The van der Waals surface area contributed by atoms with Crippen molar-refractivity contribution in [3.05, 3.63) is 10.7 Å². The third-order valence-corrected chi connectivity index (χ3v) is 4.44. The molecule has 10 heteroatoms. The van der Waals surface area contributed by atoms with Gasteiger partial charge in [0.25, 0.3) is 0 Å². The van der Waals surface area contributed by atoms with E-state index >= 15 is 0 Å². The van der Waals surface area contributed by atoms with E-state index < -0.39 is 0 Å². The number of carbonyl (C=O) groups excluding carboxylic acids is 1. The van der Waals surface area contributed by atoms with Gasteiger partial charge in [0, 0.05) is 32.7 Å². The summed E-state index contributed by atoms with van der Waals surface area (Å²) in [5.74, 6) is 1.73. The fraction of sp³-hybridized carbons (Fsp3) is 0.625. The number of guanidine groups is 1. The molecule has 1 fully saturated rings. The highest BCUT2D eigenvalue weighted by molar-refractivity contribution is 9.10. The molecule has 0 saturated carbocycles. The van der Waals surface area contributed by atoms with Gasteiger partial charge in [-0.15, -0.1) is 0 Å². The summed E-state index contributed by atoms with van der Waals surface area (Å²) in [5.41, 5.74) is 0. The van der Waals surface area contributed by atoms with E-state index in [-0.39, 0.29) is 12.4 Å². The summed E-state index contributed by atoms with van der Waals surface area (Å²) in [4.78, 5) is 28.8. The Morgan fingerprint density at radius 2 is 2.08 bits per heavy atom. The van der Waals surface area contributed by atoms with Crippen molar-refractivity contribution in [1.29, 1.82) is 0 Å². The molecule has 0 unspecified atom stereocenters. The highest BCUT2D eigenvalue weighted by Gasteiger charge is 2.22. The summed E-state index contributed by atoms with van der Waals surface area (Å²) < 4.78 is 10.6. The lowest BCUT2D eigenvalue weighted by molar-refractivity contribution is -0.140. The second kappa shape index (κ2) is 10.1. The number of hydrogen-bond acceptors (Lipinski definition) is 7. The Balaban J connectivity index is 1.96. The van der Waals surface area contributed by atoms with E-state index in [1.54, 1.807) is 13.3 Å². The molecule has 1 aromatic heterocycles. The fourth-order valence-corrected chi connectivity index (χ4v) is 2.89. The molecule has 0 bridgehead atoms. The highest BCUT2D eigenvalue weighted by atomic mass is 79.9. The Bertz CT molecular complexity index is 634. The van der Waals surface area contributed by atoms with Gasteiger partial charge in [0.2, 0.25) is 11.8 Å². The van der Waals surface area contributed by atoms with E-state index in [1.807, 2.05) is 6.92 Å². The third-order valence-electron chi connectivity index (χ3n) is 3.89. The molecule has 0 amide bonds. The van der Waals surface area contributed by atoms with Crippen molar-refractivity contribution in [1.82, 2.24) is 20.2 Å². The van der Waals surface area contributed by atoms with Crippen LogP contribution in [0.2, 0.25) is 0 Å². The molecule has 1 aliphatic rings. The van der Waals surface area contributed by atoms with E-state index in [4.69, 9.17) is 4.74 Å². The molecule has 0 atom stereocenters. The number of rotatable bonds is 6. The van der Waals surface area contributed by atoms with E-state index in [9.17, 15) is 4.79 Å². The van der Waals surface area contributed by atoms with Gasteiger partial charge >= 0.3 is 5.97 Å². The van der Waals surface area contributed by atoms with Crippen LogP contribution in [-0.4, -0.2) is 80.3 Å². The van der Waals surface area contributed by atoms with Crippen LogP contribution in [0, 0.1) is 0 Å². The number of esters is 1. The second-order valence-corrected chi connectivity index (χ2v) is 6.42. The standard InChI is InChI=1S/C16H25BrN6O3/c1-4-18-15(19-6-5-13(24)25-2)22-7-9-23(10-8-22)16-20-11-12(17)14(21-16)26-3/h11H,4-10H2,1-3H3,(H,18,19). The first kappa shape index (κ1) is 20.2. The lowest BCUT2D eigenvalue weighted by atomic mass is 10.3. The van der Waals surface area contributed by atoms with Gasteiger partial charge in [0.15, 0.2) is 5.96 Å². The van der Waals surface area contributed by atoms with Crippen molar-refractivity contribution >= 4 is 33.8 Å². The predicted octanol–water partition coefficient (Wildman–Crippen LogP) is 0.898. The number of methoxy groups -OCH3 is 2. The van der Waals surface area contributed by atoms with Crippen LogP contribution in [0.4, 0.5) is 5.95 Å². The molecular formula is C16H25BrN6O3. The predicted molar refractivity (Wildman–Crippen MR) is 103 cm³/mol. The molecule has 1 aliphatic heterocycles. The van der Waals surface area contributed by atoms with E-state index in [1.165, 1.54) is 7.11 Å². The quantitative estimate of drug-likeness (QED) is 0.405. The maximum atomic E-state index is 11.2. The van der Waals surface area contributed by atoms with Crippen LogP contribution >= 0.6 is 15.9 Å². The first-order valence-electron chi connectivity index (χ1n) is 8.50. The molecule has 0 spiro atoms. The number of halogens is 1. The summed E-state index contributed by atoms with van der Waals surface area (Å²) in [6.07, 6.45) is 1.98. The maximum Gasteiger partial charge on any atom is 0.307 e. The van der Waals surface area contributed by atoms with Crippen LogP contribution in [0.3, 0.4) is 0 Å². The number of hydrogen-bond donors (Lipinski definition) is 1. The monoisotopic (exact) mass is 428 g/mol. The van der Waals surface area contributed by atoms with E-state index in [0.717, 1.165) is 43.2 Å². The first-order chi connectivity index (χ1) is 12.6. The maximum absolute atomic E-state index is 11.2. The average Bonchev–Trinajstić information content (AvgIpc) is 2.67. The number of piperazine rings is 1. The zero-order chi connectivity index (χ0) is 18.9. The fourth-order valence-electron chi connectivity index (χ4n) is 2.54. The second-order valence-electron chi connectivity index (χ2n) is 5.56. The van der Waals surface area contributed by atoms with Gasteiger partial charge in [-0.2, -0.15) is 4.98 Å². The average molecular weight is 429 g/mol. The van der Waals surface area contributed by atoms with Gasteiger partial charge < -0.3 is 24.6 Å². The molecule has 144 valence electrons. The summed E-state index contributed by atoms with van der Waals surface area (Å²) in [7, 11) is 2.97. The number of carbonyl (C=O) groups is 1. The third kappa shape index (κ3) is 5.45. The van der Waals surface area contributed by atoms with E-state index in [2.05, 4.69) is 50.7 Å². The van der Waals surface area contributed by atoms with Gasteiger partial charge in [-0.05, 0) is 22.9 Å². The highest BCUT2D eigenvalue weighted by Crippen LogP contribution is 2.23. The van der Waals surface area contributed by atoms with Gasteiger partial charge in [0.1, 0.15) is 0 Å². The summed E-state index contributed by atoms with van der Waals surface area (Å²) in [6, 6.07) is 0. The molecular weight excluding hydrogens is 404 g/mol. The zero-order valence-corrected chi connectivity index (χ0v) is 17.0. The van der Waals surface area contributed by atoms with Crippen molar-refractivity contribution in [3.63, 3.8) is 0 Å². The Labute approximate surface area is 161 Å². The molecule has 2 rings (SSSR count). The first-order valence-corrected chi connectivity index (χ1v) is 9.29. The summed E-state index contributed by atoms with van der Waals surface area (Å²) in [6.45, 7) is 6.30. The number of aliphatic imine (C=N–C) groups is 1. The molecule has 0 aromatic carbocycles. The van der Waals surface area contributed by atoms with Gasteiger partial charge in [-0.3, -0.25) is 9.79 Å². The number of ether oxygens (including phenoxy) is 2.